The Bertz CT molecular complexity index is 1250. The van der Waals surface area contributed by atoms with E-state index in [1.54, 1.807) is 30.3 Å². The molecule has 0 spiro atoms. The maximum atomic E-state index is 13.1. The van der Waals surface area contributed by atoms with Gasteiger partial charge in [0, 0.05) is 16.9 Å². The summed E-state index contributed by atoms with van der Waals surface area (Å²) in [6, 6.07) is 19.0. The van der Waals surface area contributed by atoms with Crippen LogP contribution in [0.4, 0.5) is 15.8 Å². The first-order valence-electron chi connectivity index (χ1n) is 9.96. The third-order valence-electron chi connectivity index (χ3n) is 4.68. The lowest BCUT2D eigenvalue weighted by molar-refractivity contribution is -0.114. The lowest BCUT2D eigenvalue weighted by Gasteiger charge is -2.07. The lowest BCUT2D eigenvalue weighted by atomic mass is 10.2. The summed E-state index contributed by atoms with van der Waals surface area (Å²) >= 11 is 1.24. The minimum atomic E-state index is -0.305. The van der Waals surface area contributed by atoms with E-state index < -0.39 is 0 Å². The minimum Gasteiger partial charge on any atom is -0.338 e. The molecule has 0 aliphatic carbocycles. The number of hydrogen-bond acceptors (Lipinski definition) is 4. The molecule has 0 aliphatic rings. The maximum Gasteiger partial charge on any atom is 0.234 e. The number of rotatable bonds is 7. The highest BCUT2D eigenvalue weighted by molar-refractivity contribution is 8.00. The predicted molar refractivity (Wildman–Crippen MR) is 127 cm³/mol. The molecule has 2 amide bonds. The smallest absolute Gasteiger partial charge is 0.234 e. The van der Waals surface area contributed by atoms with Gasteiger partial charge in [-0.05, 0) is 61.5 Å². The highest BCUT2D eigenvalue weighted by Crippen LogP contribution is 2.23. The van der Waals surface area contributed by atoms with Crippen LogP contribution in [0.3, 0.4) is 0 Å². The summed E-state index contributed by atoms with van der Waals surface area (Å²) in [6.07, 6.45) is 0. The van der Waals surface area contributed by atoms with Gasteiger partial charge in [-0.1, -0.05) is 17.7 Å². The zero-order valence-corrected chi connectivity index (χ0v) is 18.1. The molecule has 3 N–H and O–H groups in total. The number of benzene rings is 3. The molecule has 0 radical (unpaired) electrons. The second kappa shape index (κ2) is 9.65. The van der Waals surface area contributed by atoms with E-state index in [9.17, 15) is 14.0 Å². The quantitative estimate of drug-likeness (QED) is 0.372. The van der Waals surface area contributed by atoms with Gasteiger partial charge in [-0.25, -0.2) is 9.37 Å². The van der Waals surface area contributed by atoms with Gasteiger partial charge in [-0.2, -0.15) is 0 Å². The molecule has 8 heteroatoms. The van der Waals surface area contributed by atoms with E-state index >= 15 is 0 Å². The molecule has 6 nitrogen and oxygen atoms in total. The number of halogens is 1. The summed E-state index contributed by atoms with van der Waals surface area (Å²) in [5.41, 5.74) is 4.75. The number of aromatic nitrogens is 2. The van der Waals surface area contributed by atoms with Crippen LogP contribution in [-0.2, 0) is 9.59 Å². The number of nitrogens with one attached hydrogen (secondary N) is 3. The Labute approximate surface area is 188 Å². The number of hydrogen-bond donors (Lipinski definition) is 3. The third-order valence-corrected chi connectivity index (χ3v) is 5.62. The van der Waals surface area contributed by atoms with Crippen molar-refractivity contribution in [1.29, 1.82) is 0 Å². The molecule has 32 heavy (non-hydrogen) atoms. The molecule has 0 aliphatic heterocycles. The van der Waals surface area contributed by atoms with Crippen LogP contribution in [0, 0.1) is 12.7 Å². The third kappa shape index (κ3) is 5.53. The molecule has 1 heterocycles. The molecule has 0 saturated heterocycles. The van der Waals surface area contributed by atoms with E-state index in [0.29, 0.717) is 11.5 Å². The lowest BCUT2D eigenvalue weighted by Crippen LogP contribution is -2.18. The second-order valence-corrected chi connectivity index (χ2v) is 8.27. The van der Waals surface area contributed by atoms with E-state index in [2.05, 4.69) is 20.6 Å². The second-order valence-electron chi connectivity index (χ2n) is 7.28. The van der Waals surface area contributed by atoms with Crippen LogP contribution in [0.15, 0.2) is 66.7 Å². The van der Waals surface area contributed by atoms with Crippen molar-refractivity contribution in [2.45, 2.75) is 6.92 Å². The molecule has 162 valence electrons. The number of imidazole rings is 1. The topological polar surface area (TPSA) is 86.9 Å². The molecule has 0 atom stereocenters. The molecule has 0 unspecified atom stereocenters. The van der Waals surface area contributed by atoms with Gasteiger partial charge in [0.05, 0.1) is 22.5 Å². The molecular weight excluding hydrogens is 427 g/mol. The summed E-state index contributed by atoms with van der Waals surface area (Å²) < 4.78 is 13.1. The first-order chi connectivity index (χ1) is 15.5. The molecular formula is C24H21FN4O2S. The zero-order valence-electron chi connectivity index (χ0n) is 17.3. The number of nitrogens with zero attached hydrogens (tertiary/aromatic N) is 1. The number of H-pyrrole nitrogens is 1. The Morgan fingerprint density at radius 1 is 0.906 bits per heavy atom. The van der Waals surface area contributed by atoms with E-state index in [0.717, 1.165) is 27.8 Å². The van der Waals surface area contributed by atoms with Gasteiger partial charge in [0.25, 0.3) is 0 Å². The van der Waals surface area contributed by atoms with Crippen LogP contribution < -0.4 is 10.6 Å². The number of aromatic amines is 1. The zero-order chi connectivity index (χ0) is 22.5. The molecule has 0 saturated carbocycles. The van der Waals surface area contributed by atoms with Gasteiger partial charge < -0.3 is 15.6 Å². The fraction of sp³-hybridized carbons (Fsp3) is 0.125. The number of anilines is 2. The normalized spacial score (nSPS) is 10.8. The van der Waals surface area contributed by atoms with Gasteiger partial charge >= 0.3 is 0 Å². The van der Waals surface area contributed by atoms with Gasteiger partial charge in [-0.15, -0.1) is 11.8 Å². The SMILES string of the molecule is Cc1ccc(NC(=O)CSCC(=O)Nc2ccc3nc(-c4ccc(F)cc4)[nH]c3c2)cc1. The van der Waals surface area contributed by atoms with Crippen molar-refractivity contribution < 1.29 is 14.0 Å². The van der Waals surface area contributed by atoms with Crippen molar-refractivity contribution in [2.24, 2.45) is 0 Å². The summed E-state index contributed by atoms with van der Waals surface area (Å²) in [5, 5.41) is 5.64. The molecule has 4 aromatic rings. The number of thioether (sulfide) groups is 1. The number of amides is 2. The van der Waals surface area contributed by atoms with Crippen molar-refractivity contribution in [1.82, 2.24) is 9.97 Å². The number of aryl methyl sites for hydroxylation is 1. The number of carbonyl (C=O) groups excluding carboxylic acids is 2. The largest absolute Gasteiger partial charge is 0.338 e. The average molecular weight is 449 g/mol. The van der Waals surface area contributed by atoms with Gasteiger partial charge in [0.15, 0.2) is 0 Å². The van der Waals surface area contributed by atoms with Gasteiger partial charge in [0.1, 0.15) is 11.6 Å². The number of carbonyl (C=O) groups is 2. The Hall–Kier alpha value is -3.65. The van der Waals surface area contributed by atoms with Crippen LogP contribution in [0.2, 0.25) is 0 Å². The van der Waals surface area contributed by atoms with E-state index in [1.165, 1.54) is 23.9 Å². The molecule has 3 aromatic carbocycles. The van der Waals surface area contributed by atoms with E-state index in [4.69, 9.17) is 0 Å². The van der Waals surface area contributed by atoms with Crippen molar-refractivity contribution >= 4 is 46.0 Å². The van der Waals surface area contributed by atoms with Gasteiger partial charge in [-0.3, -0.25) is 9.59 Å². The van der Waals surface area contributed by atoms with Crippen molar-refractivity contribution in [3.05, 3.63) is 78.1 Å². The van der Waals surface area contributed by atoms with Crippen molar-refractivity contribution in [3.8, 4) is 11.4 Å². The van der Waals surface area contributed by atoms with Crippen LogP contribution in [0.25, 0.3) is 22.4 Å². The summed E-state index contributed by atoms with van der Waals surface area (Å²) in [4.78, 5) is 32.0. The molecule has 0 bridgehead atoms. The number of fused-ring (bicyclic) bond motifs is 1. The predicted octanol–water partition coefficient (Wildman–Crippen LogP) is 4.99. The van der Waals surface area contributed by atoms with Crippen molar-refractivity contribution in [3.63, 3.8) is 0 Å². The highest BCUT2D eigenvalue weighted by Gasteiger charge is 2.09. The monoisotopic (exact) mass is 448 g/mol. The van der Waals surface area contributed by atoms with Crippen LogP contribution in [0.1, 0.15) is 5.56 Å². The van der Waals surface area contributed by atoms with Gasteiger partial charge in [0.2, 0.25) is 11.8 Å². The van der Waals surface area contributed by atoms with E-state index in [1.807, 2.05) is 31.2 Å². The average Bonchev–Trinajstić information content (AvgIpc) is 3.19. The van der Waals surface area contributed by atoms with Crippen LogP contribution >= 0.6 is 11.8 Å². The standard InChI is InChI=1S/C24H21FN4O2S/c1-15-2-8-18(9-3-15)26-22(30)13-32-14-23(31)27-19-10-11-20-21(12-19)29-24(28-20)16-4-6-17(25)7-5-16/h2-12H,13-14H2,1H3,(H,26,30)(H,27,31)(H,28,29). The minimum absolute atomic E-state index is 0.154. The maximum absolute atomic E-state index is 13.1. The Kier molecular flexibility index (Phi) is 6.51. The Morgan fingerprint density at radius 2 is 1.53 bits per heavy atom. The summed E-state index contributed by atoms with van der Waals surface area (Å²) in [7, 11) is 0. The molecule has 4 rings (SSSR count). The fourth-order valence-corrected chi connectivity index (χ4v) is 3.72. The fourth-order valence-electron chi connectivity index (χ4n) is 3.10. The summed E-state index contributed by atoms with van der Waals surface area (Å²) in [5.74, 6) is 0.305. The summed E-state index contributed by atoms with van der Waals surface area (Å²) in [6.45, 7) is 1.98. The van der Waals surface area contributed by atoms with Crippen LogP contribution in [0.5, 0.6) is 0 Å². The first kappa shape index (κ1) is 21.6. The Morgan fingerprint density at radius 3 is 2.22 bits per heavy atom. The highest BCUT2D eigenvalue weighted by atomic mass is 32.2. The molecule has 0 fully saturated rings. The Balaban J connectivity index is 1.29. The molecule has 1 aromatic heterocycles. The first-order valence-corrected chi connectivity index (χ1v) is 11.1. The van der Waals surface area contributed by atoms with Crippen LogP contribution in [-0.4, -0.2) is 33.3 Å². The van der Waals surface area contributed by atoms with Crippen molar-refractivity contribution in [2.75, 3.05) is 22.1 Å². The van der Waals surface area contributed by atoms with E-state index in [-0.39, 0.29) is 29.1 Å².